The van der Waals surface area contributed by atoms with Gasteiger partial charge in [0.15, 0.2) is 6.10 Å². The van der Waals surface area contributed by atoms with Gasteiger partial charge in [0.1, 0.15) is 25.4 Å². The first-order valence-corrected chi connectivity index (χ1v) is 47.8. The van der Waals surface area contributed by atoms with Crippen molar-refractivity contribution < 1.29 is 75.8 Å². The van der Waals surface area contributed by atoms with Crippen LogP contribution in [0.15, 0.2) is 158 Å². The van der Waals surface area contributed by atoms with Gasteiger partial charge in [-0.15, -0.1) is 0 Å². The lowest BCUT2D eigenvalue weighted by atomic mass is 10.0. The third-order valence-corrected chi connectivity index (χ3v) is 20.6. The van der Waals surface area contributed by atoms with Crippen molar-refractivity contribution in [3.63, 3.8) is 0 Å². The number of phosphoric ester groups is 2. The highest BCUT2D eigenvalue weighted by Gasteiger charge is 2.29. The number of carbonyl (C=O) groups is 3. The number of phosphoric acid groups is 2. The van der Waals surface area contributed by atoms with Gasteiger partial charge in [0.05, 0.1) is 26.4 Å². The van der Waals surface area contributed by atoms with Gasteiger partial charge in [-0.25, -0.2) is 9.13 Å². The molecule has 0 radical (unpaired) electrons. The van der Waals surface area contributed by atoms with Gasteiger partial charge >= 0.3 is 33.6 Å². The fourth-order valence-electron chi connectivity index (χ4n) is 12.0. The van der Waals surface area contributed by atoms with E-state index in [1.165, 1.54) is 128 Å². The molecule has 5 unspecified atom stereocenters. The quantitative estimate of drug-likeness (QED) is 0.0146. The van der Waals surface area contributed by atoms with Gasteiger partial charge in [-0.2, -0.15) is 0 Å². The lowest BCUT2D eigenvalue weighted by Crippen LogP contribution is -2.30. The van der Waals surface area contributed by atoms with Gasteiger partial charge in [-0.1, -0.05) is 359 Å². The molecule has 0 saturated carbocycles. The number of unbranched alkanes of at least 4 members (excludes halogenated alkanes) is 35. The fourth-order valence-corrected chi connectivity index (χ4v) is 13.6. The summed E-state index contributed by atoms with van der Waals surface area (Å²) in [5.41, 5.74) is 0. The van der Waals surface area contributed by atoms with E-state index >= 15 is 0 Å². The van der Waals surface area contributed by atoms with Crippen LogP contribution in [0.1, 0.15) is 367 Å². The SMILES string of the molecule is CC/C=C\C/C=C\C/C=C\C/C=C\C/C=C\CCCCCCCCCCCCCCCC(=O)OCC(O)COP(=O)(O)OCC(O)COP(=O)(O)OCC(COC(=O)CCCCCCCCCCCCCCC/C=C\C/C=C\C/C=C\C/C=C\C/C=C\CC)OC(=O)CCCCCCCC/C=C\C/C=C\C/C=C\CCCCC. The minimum absolute atomic E-state index is 0.0872. The third-order valence-electron chi connectivity index (χ3n) is 18.7. The molecule has 0 aromatic rings. The van der Waals surface area contributed by atoms with Crippen molar-refractivity contribution >= 4 is 33.6 Å². The molecule has 113 heavy (non-hydrogen) atoms. The number of carbonyl (C=O) groups excluding carboxylic acids is 3. The maximum atomic E-state index is 13.0. The predicted octanol–water partition coefficient (Wildman–Crippen LogP) is 27.3. The molecule has 0 fully saturated rings. The van der Waals surface area contributed by atoms with E-state index in [-0.39, 0.29) is 19.3 Å². The highest BCUT2D eigenvalue weighted by atomic mass is 31.2. The van der Waals surface area contributed by atoms with Gasteiger partial charge in [-0.05, 0) is 148 Å². The molecular formula is C95H162O16P2. The fraction of sp³-hybridized carbons (Fsp3) is 0.695. The van der Waals surface area contributed by atoms with E-state index in [1.807, 2.05) is 0 Å². The topological polar surface area (TPSA) is 231 Å². The summed E-state index contributed by atoms with van der Waals surface area (Å²) >= 11 is 0. The highest BCUT2D eigenvalue weighted by molar-refractivity contribution is 7.47. The summed E-state index contributed by atoms with van der Waals surface area (Å²) in [7, 11) is -9.81. The Kier molecular flexibility index (Phi) is 82.8. The zero-order chi connectivity index (χ0) is 82.2. The largest absolute Gasteiger partial charge is 0.472 e. The number of rotatable bonds is 84. The van der Waals surface area contributed by atoms with Crippen LogP contribution in [-0.4, -0.2) is 95.9 Å². The second-order valence-corrected chi connectivity index (χ2v) is 32.5. The number of hydrogen-bond acceptors (Lipinski definition) is 14. The van der Waals surface area contributed by atoms with Crippen LogP contribution >= 0.6 is 15.6 Å². The molecule has 0 saturated heterocycles. The maximum absolute atomic E-state index is 13.0. The van der Waals surface area contributed by atoms with Crippen molar-refractivity contribution in [1.29, 1.82) is 0 Å². The highest BCUT2D eigenvalue weighted by Crippen LogP contribution is 2.45. The third kappa shape index (κ3) is 87.8. The summed E-state index contributed by atoms with van der Waals surface area (Å²) < 4.78 is 61.4. The molecule has 0 aliphatic carbocycles. The van der Waals surface area contributed by atoms with E-state index in [1.54, 1.807) is 0 Å². The number of aliphatic hydroxyl groups excluding tert-OH is 2. The van der Waals surface area contributed by atoms with Crippen molar-refractivity contribution in [2.24, 2.45) is 0 Å². The molecule has 0 aromatic heterocycles. The van der Waals surface area contributed by atoms with Crippen LogP contribution in [0.5, 0.6) is 0 Å². The molecule has 16 nitrogen and oxygen atoms in total. The van der Waals surface area contributed by atoms with Crippen molar-refractivity contribution in [3.05, 3.63) is 158 Å². The second kappa shape index (κ2) is 86.5. The first-order valence-electron chi connectivity index (χ1n) is 44.8. The Bertz CT molecular complexity index is 2680. The van der Waals surface area contributed by atoms with E-state index < -0.39 is 91.5 Å². The summed E-state index contributed by atoms with van der Waals surface area (Å²) in [5.74, 6) is -1.58. The zero-order valence-corrected chi connectivity index (χ0v) is 73.0. The van der Waals surface area contributed by atoms with Crippen LogP contribution in [0, 0.1) is 0 Å². The van der Waals surface area contributed by atoms with Crippen LogP contribution in [0.25, 0.3) is 0 Å². The number of esters is 3. The first kappa shape index (κ1) is 108. The molecule has 0 aliphatic rings. The molecule has 0 rings (SSSR count). The van der Waals surface area contributed by atoms with Crippen molar-refractivity contribution in [3.8, 4) is 0 Å². The van der Waals surface area contributed by atoms with E-state index in [4.69, 9.17) is 32.3 Å². The monoisotopic (exact) mass is 1620 g/mol. The number of aliphatic hydroxyl groups is 2. The molecule has 0 bridgehead atoms. The Morgan fingerprint density at radius 3 is 0.743 bits per heavy atom. The smallest absolute Gasteiger partial charge is 0.463 e. The Balaban J connectivity index is 4.59. The van der Waals surface area contributed by atoms with Gasteiger partial charge in [0, 0.05) is 19.3 Å². The molecule has 0 aliphatic heterocycles. The van der Waals surface area contributed by atoms with Crippen LogP contribution in [-0.2, 0) is 55.8 Å². The molecule has 0 heterocycles. The summed E-state index contributed by atoms with van der Waals surface area (Å²) in [6.07, 6.45) is 110. The molecule has 648 valence electrons. The van der Waals surface area contributed by atoms with Gasteiger partial charge < -0.3 is 34.2 Å². The second-order valence-electron chi connectivity index (χ2n) is 29.6. The molecule has 4 N–H and O–H groups in total. The number of hydrogen-bond donors (Lipinski definition) is 4. The van der Waals surface area contributed by atoms with Crippen LogP contribution in [0.2, 0.25) is 0 Å². The molecule has 0 aromatic carbocycles. The standard InChI is InChI=1S/C95H162O16P2/c1-4-7-10-13-16-19-22-25-28-31-34-36-38-40-42-44-46-48-50-52-55-57-60-63-66-69-72-75-78-81-93(98)105-84-90(96)85-107-112(101,102)108-86-91(97)87-109-113(103,104)110-89-92(111-95(100)83-80-77-74-71-68-65-62-59-54-33-30-27-24-21-18-15-12-9-6-3)88-106-94(99)82-79-76-73-70-67-64-61-58-56-53-51-49-47-45-43-41-39-37-35-32-29-26-23-20-17-14-11-8-5-2/h7-8,10-11,16-21,25-30,34-37,40-43,54,59,90-92,96-97H,4-6,9,12-15,22-24,31-33,38-39,44-53,55-58,60-89H2,1-3H3,(H,101,102)(H,103,104)/b10-7-,11-8-,19-16-,20-17-,21-18-,28-25-,29-26-,30-27-,36-34-,37-35-,42-40-,43-41-,59-54-. The zero-order valence-electron chi connectivity index (χ0n) is 71.3. The summed E-state index contributed by atoms with van der Waals surface area (Å²) in [4.78, 5) is 58.9. The number of ether oxygens (including phenoxy) is 3. The summed E-state index contributed by atoms with van der Waals surface area (Å²) in [6, 6.07) is 0. The predicted molar refractivity (Wildman–Crippen MR) is 472 cm³/mol. The Morgan fingerprint density at radius 1 is 0.257 bits per heavy atom. The first-order chi connectivity index (χ1) is 55.2. The molecule has 18 heteroatoms. The van der Waals surface area contributed by atoms with Crippen LogP contribution in [0.3, 0.4) is 0 Å². The minimum atomic E-state index is -4.95. The Labute approximate surface area is 689 Å². The Morgan fingerprint density at radius 2 is 0.469 bits per heavy atom. The minimum Gasteiger partial charge on any atom is -0.463 e. The lowest BCUT2D eigenvalue weighted by Gasteiger charge is -2.21. The molecular weight excluding hydrogens is 1460 g/mol. The van der Waals surface area contributed by atoms with Gasteiger partial charge in [-0.3, -0.25) is 32.5 Å². The van der Waals surface area contributed by atoms with E-state index in [2.05, 4.69) is 179 Å². The summed E-state index contributed by atoms with van der Waals surface area (Å²) in [5, 5.41) is 20.7. The average molecular weight is 1620 g/mol. The Hall–Kier alpha value is -4.83. The van der Waals surface area contributed by atoms with E-state index in [0.29, 0.717) is 19.3 Å². The van der Waals surface area contributed by atoms with Crippen LogP contribution in [0.4, 0.5) is 0 Å². The maximum Gasteiger partial charge on any atom is 0.472 e. The normalized spacial score (nSPS) is 14.6. The molecule has 5 atom stereocenters. The van der Waals surface area contributed by atoms with Crippen molar-refractivity contribution in [2.75, 3.05) is 39.6 Å². The summed E-state index contributed by atoms with van der Waals surface area (Å²) in [6.45, 7) is 2.45. The molecule has 0 amide bonds. The number of allylic oxidation sites excluding steroid dienone is 26. The van der Waals surface area contributed by atoms with E-state index in [0.717, 1.165) is 180 Å². The lowest BCUT2D eigenvalue weighted by molar-refractivity contribution is -0.161. The van der Waals surface area contributed by atoms with Gasteiger partial charge in [0.25, 0.3) is 0 Å². The van der Waals surface area contributed by atoms with Crippen LogP contribution < -0.4 is 0 Å². The van der Waals surface area contributed by atoms with Crippen molar-refractivity contribution in [1.82, 2.24) is 0 Å². The average Bonchev–Trinajstić information content (AvgIpc) is 0.899. The molecule has 0 spiro atoms. The van der Waals surface area contributed by atoms with Gasteiger partial charge in [0.2, 0.25) is 0 Å². The van der Waals surface area contributed by atoms with Crippen molar-refractivity contribution in [2.45, 2.75) is 386 Å². The van der Waals surface area contributed by atoms with E-state index in [9.17, 15) is 43.5 Å².